The molecule has 0 unspecified atom stereocenters. The molecule has 170 valence electrons. The van der Waals surface area contributed by atoms with E-state index >= 15 is 0 Å². The summed E-state index contributed by atoms with van der Waals surface area (Å²) < 4.78 is 77.5. The SMILES string of the molecule is O=C(CCC(=O)N1CC(=O)Nc2ccccc21)Nc1cc(C(F)(F)F)cc(C(F)(F)F)c1. The number of carbonyl (C=O) groups is 3. The lowest BCUT2D eigenvalue weighted by atomic mass is 10.1. The van der Waals surface area contributed by atoms with Gasteiger partial charge in [-0.05, 0) is 30.3 Å². The number of hydrogen-bond acceptors (Lipinski definition) is 3. The van der Waals surface area contributed by atoms with Crippen LogP contribution in [-0.2, 0) is 26.7 Å². The summed E-state index contributed by atoms with van der Waals surface area (Å²) in [4.78, 5) is 37.5. The summed E-state index contributed by atoms with van der Waals surface area (Å²) in [6.45, 7) is -0.292. The Morgan fingerprint density at radius 1 is 0.938 bits per heavy atom. The normalized spacial score (nSPS) is 13.9. The van der Waals surface area contributed by atoms with Crippen LogP contribution in [0.2, 0.25) is 0 Å². The molecule has 0 aromatic heterocycles. The van der Waals surface area contributed by atoms with Crippen LogP contribution in [0.3, 0.4) is 0 Å². The van der Waals surface area contributed by atoms with Gasteiger partial charge in [-0.1, -0.05) is 12.1 Å². The number of anilines is 3. The molecule has 0 spiro atoms. The van der Waals surface area contributed by atoms with Gasteiger partial charge < -0.3 is 15.5 Å². The number of fused-ring (bicyclic) bond motifs is 1. The largest absolute Gasteiger partial charge is 0.416 e. The molecule has 3 amide bonds. The second kappa shape index (κ2) is 8.52. The third-order valence-corrected chi connectivity index (χ3v) is 4.51. The van der Waals surface area contributed by atoms with Crippen molar-refractivity contribution in [3.8, 4) is 0 Å². The maximum absolute atomic E-state index is 12.9. The highest BCUT2D eigenvalue weighted by atomic mass is 19.4. The van der Waals surface area contributed by atoms with Gasteiger partial charge in [-0.25, -0.2) is 0 Å². The van der Waals surface area contributed by atoms with Crippen molar-refractivity contribution in [2.75, 3.05) is 22.1 Å². The highest BCUT2D eigenvalue weighted by Gasteiger charge is 2.37. The van der Waals surface area contributed by atoms with Gasteiger partial charge in [-0.3, -0.25) is 14.4 Å². The van der Waals surface area contributed by atoms with Gasteiger partial charge in [0.2, 0.25) is 17.7 Å². The van der Waals surface area contributed by atoms with E-state index in [0.29, 0.717) is 23.5 Å². The van der Waals surface area contributed by atoms with Gasteiger partial charge in [-0.2, -0.15) is 26.3 Å². The molecule has 6 nitrogen and oxygen atoms in total. The quantitative estimate of drug-likeness (QED) is 0.665. The van der Waals surface area contributed by atoms with E-state index in [0.717, 1.165) is 4.90 Å². The lowest BCUT2D eigenvalue weighted by Gasteiger charge is -2.29. The summed E-state index contributed by atoms with van der Waals surface area (Å²) in [5.74, 6) is -2.02. The number of para-hydroxylation sites is 2. The number of nitrogens with zero attached hydrogens (tertiary/aromatic N) is 1. The van der Waals surface area contributed by atoms with Crippen LogP contribution in [0.15, 0.2) is 42.5 Å². The van der Waals surface area contributed by atoms with Crippen LogP contribution in [-0.4, -0.2) is 24.3 Å². The smallest absolute Gasteiger partial charge is 0.326 e. The molecule has 0 saturated heterocycles. The minimum atomic E-state index is -5.06. The predicted molar refractivity (Wildman–Crippen MR) is 102 cm³/mol. The molecule has 1 heterocycles. The molecule has 12 heteroatoms. The van der Waals surface area contributed by atoms with Gasteiger partial charge in [0.1, 0.15) is 6.54 Å². The summed E-state index contributed by atoms with van der Waals surface area (Å²) in [5, 5.41) is 4.55. The molecule has 0 fully saturated rings. The Balaban J connectivity index is 1.70. The Morgan fingerprint density at radius 2 is 1.53 bits per heavy atom. The molecule has 2 N–H and O–H groups in total. The van der Waals surface area contributed by atoms with Gasteiger partial charge >= 0.3 is 12.4 Å². The summed E-state index contributed by atoms with van der Waals surface area (Å²) in [5.41, 5.74) is -3.05. The van der Waals surface area contributed by atoms with Crippen LogP contribution in [0.5, 0.6) is 0 Å². The van der Waals surface area contributed by atoms with E-state index in [-0.39, 0.29) is 12.6 Å². The number of benzene rings is 2. The number of nitrogens with one attached hydrogen (secondary N) is 2. The zero-order valence-corrected chi connectivity index (χ0v) is 16.1. The molecular formula is C20H15F6N3O3. The fraction of sp³-hybridized carbons (Fsp3) is 0.250. The summed E-state index contributed by atoms with van der Waals surface area (Å²) in [6.07, 6.45) is -11.0. The molecule has 2 aromatic carbocycles. The summed E-state index contributed by atoms with van der Waals surface area (Å²) in [7, 11) is 0. The molecule has 0 bridgehead atoms. The van der Waals surface area contributed by atoms with Gasteiger partial charge in [0.05, 0.1) is 22.5 Å². The lowest BCUT2D eigenvalue weighted by molar-refractivity contribution is -0.143. The van der Waals surface area contributed by atoms with E-state index in [4.69, 9.17) is 0 Å². The number of alkyl halides is 6. The predicted octanol–water partition coefficient (Wildman–Crippen LogP) is 4.43. The van der Waals surface area contributed by atoms with E-state index in [9.17, 15) is 40.7 Å². The van der Waals surface area contributed by atoms with Crippen LogP contribution in [0.4, 0.5) is 43.4 Å². The van der Waals surface area contributed by atoms with Gasteiger partial charge in [0.25, 0.3) is 0 Å². The van der Waals surface area contributed by atoms with Crippen LogP contribution >= 0.6 is 0 Å². The molecule has 0 atom stereocenters. The second-order valence-corrected chi connectivity index (χ2v) is 6.89. The fourth-order valence-electron chi connectivity index (χ4n) is 3.06. The first-order valence-electron chi connectivity index (χ1n) is 9.13. The topological polar surface area (TPSA) is 78.5 Å². The van der Waals surface area contributed by atoms with Crippen molar-refractivity contribution in [2.45, 2.75) is 25.2 Å². The number of amides is 3. The molecular weight excluding hydrogens is 444 g/mol. The molecule has 32 heavy (non-hydrogen) atoms. The van der Waals surface area contributed by atoms with Crippen molar-refractivity contribution in [2.24, 2.45) is 0 Å². The summed E-state index contributed by atoms with van der Waals surface area (Å²) in [6, 6.07) is 7.12. The van der Waals surface area contributed by atoms with Crippen molar-refractivity contribution < 1.29 is 40.7 Å². The third kappa shape index (κ3) is 5.37. The van der Waals surface area contributed by atoms with Crippen LogP contribution < -0.4 is 15.5 Å². The number of carbonyl (C=O) groups excluding carboxylic acids is 3. The molecule has 3 rings (SSSR count). The fourth-order valence-corrected chi connectivity index (χ4v) is 3.06. The molecule has 0 aliphatic carbocycles. The van der Waals surface area contributed by atoms with Crippen molar-refractivity contribution in [3.63, 3.8) is 0 Å². The van der Waals surface area contributed by atoms with Crippen LogP contribution in [0.1, 0.15) is 24.0 Å². The van der Waals surface area contributed by atoms with Gasteiger partial charge in [0.15, 0.2) is 0 Å². The highest BCUT2D eigenvalue weighted by Crippen LogP contribution is 2.37. The van der Waals surface area contributed by atoms with Crippen LogP contribution in [0, 0.1) is 0 Å². The van der Waals surface area contributed by atoms with Crippen LogP contribution in [0.25, 0.3) is 0 Å². The van der Waals surface area contributed by atoms with Gasteiger partial charge in [0, 0.05) is 18.5 Å². The standard InChI is InChI=1S/C20H15F6N3O3/c21-19(22,23)11-7-12(20(24,25)26)9-13(8-11)27-16(30)5-6-18(32)29-10-17(31)28-14-3-1-2-4-15(14)29/h1-4,7-9H,5-6,10H2,(H,27,30)(H,28,31). The van der Waals surface area contributed by atoms with Crippen molar-refractivity contribution in [3.05, 3.63) is 53.6 Å². The Labute approximate surface area is 177 Å². The molecule has 0 saturated carbocycles. The number of hydrogen-bond donors (Lipinski definition) is 2. The van der Waals surface area contributed by atoms with Gasteiger partial charge in [-0.15, -0.1) is 0 Å². The molecule has 1 aliphatic rings. The zero-order chi connectivity index (χ0) is 23.7. The number of halogens is 6. The van der Waals surface area contributed by atoms with Crippen molar-refractivity contribution >= 4 is 34.8 Å². The van der Waals surface area contributed by atoms with E-state index in [1.165, 1.54) is 0 Å². The summed E-state index contributed by atoms with van der Waals surface area (Å²) >= 11 is 0. The Kier molecular flexibility index (Phi) is 6.15. The van der Waals surface area contributed by atoms with E-state index in [2.05, 4.69) is 5.32 Å². The Bertz CT molecular complexity index is 1030. The molecule has 0 radical (unpaired) electrons. The van der Waals surface area contributed by atoms with Crippen molar-refractivity contribution in [1.82, 2.24) is 0 Å². The maximum Gasteiger partial charge on any atom is 0.416 e. The number of rotatable bonds is 4. The van der Waals surface area contributed by atoms with Crippen molar-refractivity contribution in [1.29, 1.82) is 0 Å². The first-order chi connectivity index (χ1) is 14.8. The average Bonchev–Trinajstić information content (AvgIpc) is 2.69. The first kappa shape index (κ1) is 23.1. The maximum atomic E-state index is 12.9. The molecule has 1 aliphatic heterocycles. The first-order valence-corrected chi connectivity index (χ1v) is 9.13. The monoisotopic (exact) mass is 459 g/mol. The van der Waals surface area contributed by atoms with E-state index in [1.807, 2.05) is 5.32 Å². The van der Waals surface area contributed by atoms with E-state index in [1.54, 1.807) is 24.3 Å². The zero-order valence-electron chi connectivity index (χ0n) is 16.1. The highest BCUT2D eigenvalue weighted by molar-refractivity contribution is 6.10. The van der Waals surface area contributed by atoms with E-state index < -0.39 is 59.7 Å². The third-order valence-electron chi connectivity index (χ3n) is 4.51. The minimum absolute atomic E-state index is 0.0575. The minimum Gasteiger partial charge on any atom is -0.326 e. The Hall–Kier alpha value is -3.57. The average molecular weight is 459 g/mol. The molecule has 2 aromatic rings. The Morgan fingerprint density at radius 3 is 2.12 bits per heavy atom. The second-order valence-electron chi connectivity index (χ2n) is 6.89. The lowest BCUT2D eigenvalue weighted by Crippen LogP contribution is -2.42.